The maximum absolute atomic E-state index is 11.1. The van der Waals surface area contributed by atoms with Crippen LogP contribution in [0.1, 0.15) is 11.1 Å². The van der Waals surface area contributed by atoms with Gasteiger partial charge < -0.3 is 5.32 Å². The minimum absolute atomic E-state index is 0.553. The molecule has 25 heavy (non-hydrogen) atoms. The summed E-state index contributed by atoms with van der Waals surface area (Å²) in [6, 6.07) is 15.4. The van der Waals surface area contributed by atoms with Gasteiger partial charge in [0.2, 0.25) is 5.82 Å². The molecule has 0 radical (unpaired) electrons. The molecule has 1 aromatic heterocycles. The van der Waals surface area contributed by atoms with Gasteiger partial charge in [-0.1, -0.05) is 42.5 Å². The van der Waals surface area contributed by atoms with Crippen molar-refractivity contribution in [1.82, 2.24) is 26.1 Å². The van der Waals surface area contributed by atoms with Crippen molar-refractivity contribution in [2.45, 2.75) is 6.54 Å². The first-order chi connectivity index (χ1) is 12.3. The van der Waals surface area contributed by atoms with Crippen molar-refractivity contribution in [3.63, 3.8) is 0 Å². The highest BCUT2D eigenvalue weighted by molar-refractivity contribution is 5.91. The Bertz CT molecular complexity index is 859. The Kier molecular flexibility index (Phi) is 5.13. The van der Waals surface area contributed by atoms with Gasteiger partial charge in [-0.25, -0.2) is 5.48 Å². The molecule has 0 atom stereocenters. The maximum atomic E-state index is 11.1. The molecule has 0 spiro atoms. The van der Waals surface area contributed by atoms with Crippen LogP contribution in [0, 0.1) is 0 Å². The van der Waals surface area contributed by atoms with E-state index in [0.717, 1.165) is 22.4 Å². The lowest BCUT2D eigenvalue weighted by atomic mass is 10.1. The number of para-hydroxylation sites is 1. The largest absolute Gasteiger partial charge is 0.380 e. The molecule has 0 unspecified atom stereocenters. The molecule has 0 fully saturated rings. The Balaban J connectivity index is 1.67. The molecule has 0 bridgehead atoms. The van der Waals surface area contributed by atoms with Crippen molar-refractivity contribution < 1.29 is 10.0 Å². The van der Waals surface area contributed by atoms with E-state index in [0.29, 0.717) is 12.4 Å². The molecule has 1 amide bonds. The minimum atomic E-state index is -0.577. The van der Waals surface area contributed by atoms with E-state index in [1.807, 2.05) is 48.5 Å². The number of carbonyl (C=O) groups is 1. The molecule has 0 aliphatic heterocycles. The first-order valence-corrected chi connectivity index (χ1v) is 7.54. The number of aromatic nitrogens is 4. The van der Waals surface area contributed by atoms with Gasteiger partial charge in [-0.3, -0.25) is 10.0 Å². The van der Waals surface area contributed by atoms with Crippen molar-refractivity contribution >= 4 is 17.7 Å². The third-order valence-corrected chi connectivity index (χ3v) is 3.53. The maximum Gasteiger partial charge on any atom is 0.267 e. The fourth-order valence-electron chi connectivity index (χ4n) is 2.26. The van der Waals surface area contributed by atoms with Crippen LogP contribution in [0.3, 0.4) is 0 Å². The Labute approximate surface area is 143 Å². The van der Waals surface area contributed by atoms with Gasteiger partial charge in [0.1, 0.15) is 0 Å². The SMILES string of the molecule is O=C(C=Cc1ccccc1NCc1ccc(-c2nn[nH]n2)cc1)NO. The second kappa shape index (κ2) is 7.84. The number of hydroxylamine groups is 1. The Morgan fingerprint density at radius 3 is 2.68 bits per heavy atom. The van der Waals surface area contributed by atoms with E-state index >= 15 is 0 Å². The molecule has 0 saturated carbocycles. The van der Waals surface area contributed by atoms with E-state index in [1.165, 1.54) is 6.08 Å². The van der Waals surface area contributed by atoms with Gasteiger partial charge in [0.05, 0.1) is 0 Å². The number of nitrogens with zero attached hydrogens (tertiary/aromatic N) is 3. The average molecular weight is 336 g/mol. The highest BCUT2D eigenvalue weighted by Gasteiger charge is 2.03. The highest BCUT2D eigenvalue weighted by Crippen LogP contribution is 2.19. The molecule has 126 valence electrons. The number of carbonyl (C=O) groups excluding carboxylic acids is 1. The number of tetrazole rings is 1. The third kappa shape index (κ3) is 4.27. The summed E-state index contributed by atoms with van der Waals surface area (Å²) in [5, 5.41) is 25.7. The van der Waals surface area contributed by atoms with Crippen LogP contribution in [0.25, 0.3) is 17.5 Å². The summed E-state index contributed by atoms with van der Waals surface area (Å²) in [7, 11) is 0. The second-order valence-electron chi connectivity index (χ2n) is 5.18. The number of H-pyrrole nitrogens is 1. The van der Waals surface area contributed by atoms with Crippen molar-refractivity contribution in [3.8, 4) is 11.4 Å². The number of hydrogen-bond donors (Lipinski definition) is 4. The van der Waals surface area contributed by atoms with Gasteiger partial charge in [-0.2, -0.15) is 5.21 Å². The number of aromatic amines is 1. The summed E-state index contributed by atoms with van der Waals surface area (Å²) < 4.78 is 0. The smallest absolute Gasteiger partial charge is 0.267 e. The van der Waals surface area contributed by atoms with Crippen LogP contribution < -0.4 is 10.8 Å². The van der Waals surface area contributed by atoms with Crippen LogP contribution in [0.5, 0.6) is 0 Å². The second-order valence-corrected chi connectivity index (χ2v) is 5.18. The summed E-state index contributed by atoms with van der Waals surface area (Å²) in [5.74, 6) is -0.0241. The topological polar surface area (TPSA) is 116 Å². The van der Waals surface area contributed by atoms with E-state index in [4.69, 9.17) is 5.21 Å². The molecule has 2 aromatic carbocycles. The number of hydrogen-bond acceptors (Lipinski definition) is 6. The van der Waals surface area contributed by atoms with E-state index in [2.05, 4.69) is 25.9 Å². The van der Waals surface area contributed by atoms with E-state index in [-0.39, 0.29) is 0 Å². The molecule has 8 nitrogen and oxygen atoms in total. The summed E-state index contributed by atoms with van der Waals surface area (Å²) in [6.45, 7) is 0.615. The zero-order valence-corrected chi connectivity index (χ0v) is 13.2. The van der Waals surface area contributed by atoms with Crippen LogP contribution in [-0.4, -0.2) is 31.7 Å². The van der Waals surface area contributed by atoms with Crippen molar-refractivity contribution in [2.75, 3.05) is 5.32 Å². The Hall–Kier alpha value is -3.52. The lowest BCUT2D eigenvalue weighted by molar-refractivity contribution is -0.124. The fraction of sp³-hybridized carbons (Fsp3) is 0.0588. The quantitative estimate of drug-likeness (QED) is 0.311. The molecular weight excluding hydrogens is 320 g/mol. The average Bonchev–Trinajstić information content (AvgIpc) is 3.20. The molecule has 0 aliphatic rings. The standard InChI is InChI=1S/C17H16N6O2/c24-16(21-25)10-9-13-3-1-2-4-15(13)18-11-12-5-7-14(8-6-12)17-19-22-23-20-17/h1-10,18,25H,11H2,(H,21,24)(H,19,20,22,23). The number of nitrogens with one attached hydrogen (secondary N) is 3. The van der Waals surface area contributed by atoms with Crippen LogP contribution >= 0.6 is 0 Å². The molecule has 3 rings (SSSR count). The first kappa shape index (κ1) is 16.3. The lowest BCUT2D eigenvalue weighted by Crippen LogP contribution is -2.14. The van der Waals surface area contributed by atoms with Crippen molar-refractivity contribution in [1.29, 1.82) is 0 Å². The normalized spacial score (nSPS) is 10.8. The van der Waals surface area contributed by atoms with E-state index in [9.17, 15) is 4.79 Å². The molecule has 1 heterocycles. The number of amides is 1. The zero-order chi connectivity index (χ0) is 17.5. The van der Waals surface area contributed by atoms with Crippen LogP contribution in [0.15, 0.2) is 54.6 Å². The number of benzene rings is 2. The summed E-state index contributed by atoms with van der Waals surface area (Å²) in [4.78, 5) is 11.1. The molecule has 3 aromatic rings. The van der Waals surface area contributed by atoms with Gasteiger partial charge in [-0.15, -0.1) is 10.2 Å². The third-order valence-electron chi connectivity index (χ3n) is 3.53. The van der Waals surface area contributed by atoms with E-state index in [1.54, 1.807) is 11.6 Å². The molecule has 0 saturated heterocycles. The molecule has 8 heteroatoms. The summed E-state index contributed by atoms with van der Waals surface area (Å²) >= 11 is 0. The lowest BCUT2D eigenvalue weighted by Gasteiger charge is -2.10. The predicted octanol–water partition coefficient (Wildman–Crippen LogP) is 2.00. The van der Waals surface area contributed by atoms with Gasteiger partial charge in [0.25, 0.3) is 5.91 Å². The number of rotatable bonds is 6. The van der Waals surface area contributed by atoms with Gasteiger partial charge >= 0.3 is 0 Å². The molecular formula is C17H16N6O2. The Morgan fingerprint density at radius 2 is 1.96 bits per heavy atom. The van der Waals surface area contributed by atoms with Gasteiger partial charge in [-0.05, 0) is 28.5 Å². The zero-order valence-electron chi connectivity index (χ0n) is 13.2. The summed E-state index contributed by atoms with van der Waals surface area (Å²) in [5.41, 5.74) is 5.26. The molecule has 0 aliphatic carbocycles. The van der Waals surface area contributed by atoms with Crippen molar-refractivity contribution in [3.05, 3.63) is 65.7 Å². The van der Waals surface area contributed by atoms with Crippen molar-refractivity contribution in [2.24, 2.45) is 0 Å². The first-order valence-electron chi connectivity index (χ1n) is 7.54. The van der Waals surface area contributed by atoms with Gasteiger partial charge in [0.15, 0.2) is 0 Å². The minimum Gasteiger partial charge on any atom is -0.380 e. The van der Waals surface area contributed by atoms with Crippen LogP contribution in [-0.2, 0) is 11.3 Å². The molecule has 4 N–H and O–H groups in total. The summed E-state index contributed by atoms with van der Waals surface area (Å²) in [6.07, 6.45) is 2.90. The highest BCUT2D eigenvalue weighted by atomic mass is 16.5. The van der Waals surface area contributed by atoms with Gasteiger partial charge in [0, 0.05) is 23.9 Å². The monoisotopic (exact) mass is 336 g/mol. The Morgan fingerprint density at radius 1 is 1.16 bits per heavy atom. The van der Waals surface area contributed by atoms with E-state index < -0.39 is 5.91 Å². The van der Waals surface area contributed by atoms with Crippen LogP contribution in [0.4, 0.5) is 5.69 Å². The predicted molar refractivity (Wildman–Crippen MR) is 92.3 cm³/mol. The fourth-order valence-corrected chi connectivity index (χ4v) is 2.26. The number of anilines is 1. The van der Waals surface area contributed by atoms with Crippen LogP contribution in [0.2, 0.25) is 0 Å².